The van der Waals surface area contributed by atoms with Gasteiger partial charge >= 0.3 is 0 Å². The molecule has 1 atom stereocenters. The van der Waals surface area contributed by atoms with Crippen molar-refractivity contribution in [3.05, 3.63) is 0 Å². The Morgan fingerprint density at radius 3 is 2.53 bits per heavy atom. The number of likely N-dealkylation sites (N-methyl/N-ethyl adjacent to an activating group) is 1. The summed E-state index contributed by atoms with van der Waals surface area (Å²) in [6, 6.07) is 0. The predicted octanol–water partition coefficient (Wildman–Crippen LogP) is -0.0106. The van der Waals surface area contributed by atoms with Gasteiger partial charge in [-0.2, -0.15) is 0 Å². The summed E-state index contributed by atoms with van der Waals surface area (Å²) < 4.78 is 0. The number of amides is 2. The Balaban J connectivity index is 2.83. The van der Waals surface area contributed by atoms with Crippen LogP contribution >= 0.6 is 12.2 Å². The number of hydrogen-bond acceptors (Lipinski definition) is 3. The van der Waals surface area contributed by atoms with Crippen LogP contribution in [0.1, 0.15) is 20.3 Å². The minimum Gasteiger partial charge on any atom is -0.392 e. The summed E-state index contributed by atoms with van der Waals surface area (Å²) in [5.74, 6) is -0.194. The van der Waals surface area contributed by atoms with Crippen molar-refractivity contribution in [2.75, 3.05) is 26.7 Å². The van der Waals surface area contributed by atoms with Gasteiger partial charge in [0, 0.05) is 20.1 Å². The third-order valence-electron chi connectivity index (χ3n) is 3.47. The van der Waals surface area contributed by atoms with E-state index in [0.29, 0.717) is 19.5 Å². The van der Waals surface area contributed by atoms with E-state index in [1.807, 2.05) is 6.92 Å². The maximum atomic E-state index is 12.3. The molecule has 2 N–H and O–H groups in total. The minimum absolute atomic E-state index is 0.0500. The lowest BCUT2D eigenvalue weighted by atomic mass is 9.85. The molecule has 0 aromatic heterocycles. The molecule has 0 aromatic rings. The van der Waals surface area contributed by atoms with Crippen LogP contribution in [0.5, 0.6) is 0 Å². The highest BCUT2D eigenvalue weighted by Gasteiger charge is 2.39. The van der Waals surface area contributed by atoms with Crippen molar-refractivity contribution in [2.45, 2.75) is 20.3 Å². The molecule has 0 bridgehead atoms. The molecule has 1 heterocycles. The zero-order valence-corrected chi connectivity index (χ0v) is 11.3. The average molecular weight is 257 g/mol. The van der Waals surface area contributed by atoms with Crippen molar-refractivity contribution in [3.63, 3.8) is 0 Å². The van der Waals surface area contributed by atoms with Gasteiger partial charge in [-0.05, 0) is 13.3 Å². The number of hydrogen-bond donors (Lipinski definition) is 1. The first-order chi connectivity index (χ1) is 7.82. The zero-order chi connectivity index (χ0) is 13.2. The fraction of sp³-hybridized carbons (Fsp3) is 0.727. The summed E-state index contributed by atoms with van der Waals surface area (Å²) in [5, 5.41) is 0. The van der Waals surface area contributed by atoms with Crippen LogP contribution in [0.2, 0.25) is 0 Å². The average Bonchev–Trinajstić information content (AvgIpc) is 2.30. The van der Waals surface area contributed by atoms with Crippen molar-refractivity contribution >= 4 is 29.0 Å². The molecule has 0 saturated carbocycles. The molecule has 1 saturated heterocycles. The van der Waals surface area contributed by atoms with Crippen LogP contribution < -0.4 is 5.73 Å². The second kappa shape index (κ2) is 5.00. The van der Waals surface area contributed by atoms with Crippen molar-refractivity contribution in [3.8, 4) is 0 Å². The monoisotopic (exact) mass is 257 g/mol. The quantitative estimate of drug-likeness (QED) is 0.722. The smallest absolute Gasteiger partial charge is 0.241 e. The SMILES string of the molecule is CCC(C)(C(=O)N1CCN(C)C(=O)C1)C(N)=S. The van der Waals surface area contributed by atoms with Crippen LogP contribution in [0.15, 0.2) is 0 Å². The molecule has 96 valence electrons. The van der Waals surface area contributed by atoms with E-state index in [0.717, 1.165) is 0 Å². The summed E-state index contributed by atoms with van der Waals surface area (Å²) in [4.78, 5) is 27.3. The maximum Gasteiger partial charge on any atom is 0.241 e. The van der Waals surface area contributed by atoms with E-state index < -0.39 is 5.41 Å². The normalized spacial score (nSPS) is 20.1. The Morgan fingerprint density at radius 2 is 2.12 bits per heavy atom. The van der Waals surface area contributed by atoms with E-state index >= 15 is 0 Å². The van der Waals surface area contributed by atoms with Gasteiger partial charge in [-0.1, -0.05) is 19.1 Å². The zero-order valence-electron chi connectivity index (χ0n) is 10.5. The number of nitrogens with zero attached hydrogens (tertiary/aromatic N) is 2. The molecule has 0 radical (unpaired) electrons. The number of rotatable bonds is 3. The topological polar surface area (TPSA) is 66.6 Å². The maximum absolute atomic E-state index is 12.3. The second-order valence-electron chi connectivity index (χ2n) is 4.59. The van der Waals surface area contributed by atoms with Gasteiger partial charge in [0.1, 0.15) is 0 Å². The predicted molar refractivity (Wildman–Crippen MR) is 69.4 cm³/mol. The van der Waals surface area contributed by atoms with Crippen LogP contribution in [0, 0.1) is 5.41 Å². The van der Waals surface area contributed by atoms with Crippen LogP contribution in [-0.2, 0) is 9.59 Å². The van der Waals surface area contributed by atoms with Crippen LogP contribution in [0.4, 0.5) is 0 Å². The molecule has 1 aliphatic rings. The number of piperazine rings is 1. The molecule has 0 aromatic carbocycles. The van der Waals surface area contributed by atoms with Gasteiger partial charge in [0.05, 0.1) is 16.9 Å². The number of carbonyl (C=O) groups excluding carboxylic acids is 2. The standard InChI is InChI=1S/C11H19N3O2S/c1-4-11(2,9(12)17)10(16)14-6-5-13(3)8(15)7-14/h4-7H2,1-3H3,(H2,12,17). The Kier molecular flexibility index (Phi) is 4.08. The Bertz CT molecular complexity index is 359. The van der Waals surface area contributed by atoms with Gasteiger partial charge in [-0.25, -0.2) is 0 Å². The molecule has 1 rings (SSSR count). The lowest BCUT2D eigenvalue weighted by molar-refractivity contribution is -0.148. The first kappa shape index (κ1) is 13.9. The first-order valence-corrected chi connectivity index (χ1v) is 6.07. The Labute approximate surface area is 107 Å². The van der Waals surface area contributed by atoms with E-state index in [1.54, 1.807) is 23.8 Å². The molecule has 0 spiro atoms. The highest BCUT2D eigenvalue weighted by Crippen LogP contribution is 2.25. The fourth-order valence-corrected chi connectivity index (χ4v) is 1.94. The van der Waals surface area contributed by atoms with Gasteiger partial charge in [0.2, 0.25) is 11.8 Å². The molecule has 17 heavy (non-hydrogen) atoms. The van der Waals surface area contributed by atoms with Crippen LogP contribution in [-0.4, -0.2) is 53.3 Å². The Morgan fingerprint density at radius 1 is 1.53 bits per heavy atom. The molecule has 1 unspecified atom stereocenters. The number of thiocarbonyl (C=S) groups is 1. The van der Waals surface area contributed by atoms with Crippen molar-refractivity contribution in [1.29, 1.82) is 0 Å². The highest BCUT2D eigenvalue weighted by atomic mass is 32.1. The Hall–Kier alpha value is -1.17. The van der Waals surface area contributed by atoms with E-state index in [2.05, 4.69) is 0 Å². The van der Waals surface area contributed by atoms with Crippen molar-refractivity contribution in [1.82, 2.24) is 9.80 Å². The highest BCUT2D eigenvalue weighted by molar-refractivity contribution is 7.80. The van der Waals surface area contributed by atoms with Gasteiger partial charge in [-0.3, -0.25) is 9.59 Å². The number of nitrogens with two attached hydrogens (primary N) is 1. The van der Waals surface area contributed by atoms with Crippen LogP contribution in [0.25, 0.3) is 0 Å². The van der Waals surface area contributed by atoms with Gasteiger partial charge in [0.25, 0.3) is 0 Å². The molecule has 5 nitrogen and oxygen atoms in total. The van der Waals surface area contributed by atoms with Crippen molar-refractivity contribution in [2.24, 2.45) is 11.1 Å². The van der Waals surface area contributed by atoms with E-state index in [1.165, 1.54) is 0 Å². The van der Waals surface area contributed by atoms with Crippen LogP contribution in [0.3, 0.4) is 0 Å². The van der Waals surface area contributed by atoms with Crippen molar-refractivity contribution < 1.29 is 9.59 Å². The second-order valence-corrected chi connectivity index (χ2v) is 5.03. The summed E-state index contributed by atoms with van der Waals surface area (Å²) >= 11 is 4.96. The fourth-order valence-electron chi connectivity index (χ4n) is 1.71. The summed E-state index contributed by atoms with van der Waals surface area (Å²) in [5.41, 5.74) is 4.80. The number of carbonyl (C=O) groups is 2. The van der Waals surface area contributed by atoms with Gasteiger partial charge in [0.15, 0.2) is 0 Å². The molecule has 2 amide bonds. The minimum atomic E-state index is -0.842. The largest absolute Gasteiger partial charge is 0.392 e. The van der Waals surface area contributed by atoms with E-state index in [9.17, 15) is 9.59 Å². The van der Waals surface area contributed by atoms with E-state index in [-0.39, 0.29) is 23.3 Å². The van der Waals surface area contributed by atoms with Gasteiger partial charge in [-0.15, -0.1) is 0 Å². The lowest BCUT2D eigenvalue weighted by Crippen LogP contribution is -2.56. The molecule has 0 aliphatic carbocycles. The molecular formula is C11H19N3O2S. The summed E-state index contributed by atoms with van der Waals surface area (Å²) in [6.07, 6.45) is 0.543. The van der Waals surface area contributed by atoms with Gasteiger partial charge < -0.3 is 15.5 Å². The molecule has 1 fully saturated rings. The third kappa shape index (κ3) is 2.57. The third-order valence-corrected chi connectivity index (χ3v) is 3.92. The summed E-state index contributed by atoms with van der Waals surface area (Å²) in [7, 11) is 1.73. The lowest BCUT2D eigenvalue weighted by Gasteiger charge is -2.37. The first-order valence-electron chi connectivity index (χ1n) is 5.66. The molecule has 1 aliphatic heterocycles. The summed E-state index contributed by atoms with van der Waals surface area (Å²) in [6.45, 7) is 4.82. The molecular weight excluding hydrogens is 238 g/mol. The van der Waals surface area contributed by atoms with E-state index in [4.69, 9.17) is 18.0 Å². The molecule has 6 heteroatoms.